The number of carbonyl (C=O) groups excluding carboxylic acids is 2. The van der Waals surface area contributed by atoms with Gasteiger partial charge in [0.25, 0.3) is 5.91 Å². The molecule has 1 aliphatic rings. The molecule has 5 heteroatoms. The first-order valence-electron chi connectivity index (χ1n) is 9.85. The Labute approximate surface area is 157 Å². The van der Waals surface area contributed by atoms with E-state index in [0.717, 1.165) is 25.8 Å². The smallest absolute Gasteiger partial charge is 0.314 e. The zero-order valence-electron chi connectivity index (χ0n) is 16.3. The van der Waals surface area contributed by atoms with Crippen LogP contribution in [0, 0.1) is 5.92 Å². The second-order valence-corrected chi connectivity index (χ2v) is 7.47. The van der Waals surface area contributed by atoms with Gasteiger partial charge < -0.3 is 15.0 Å². The van der Waals surface area contributed by atoms with Gasteiger partial charge in [-0.2, -0.15) is 0 Å². The van der Waals surface area contributed by atoms with Crippen LogP contribution in [0.5, 0.6) is 0 Å². The third-order valence-electron chi connectivity index (χ3n) is 5.03. The molecule has 1 aromatic rings. The van der Waals surface area contributed by atoms with Crippen molar-refractivity contribution in [3.8, 4) is 0 Å². The van der Waals surface area contributed by atoms with Gasteiger partial charge in [0.1, 0.15) is 5.92 Å². The average molecular weight is 362 g/mol. The molecule has 1 amide bonds. The van der Waals surface area contributed by atoms with Crippen LogP contribution in [0.2, 0.25) is 0 Å². The highest BCUT2D eigenvalue weighted by atomic mass is 16.5. The molecule has 144 valence electrons. The van der Waals surface area contributed by atoms with Crippen LogP contribution in [0.25, 0.3) is 0 Å². The largest absolute Gasteiger partial charge is 0.466 e. The van der Waals surface area contributed by atoms with E-state index in [1.807, 2.05) is 6.92 Å². The van der Waals surface area contributed by atoms with Crippen molar-refractivity contribution in [1.82, 2.24) is 5.32 Å². The first-order chi connectivity index (χ1) is 12.5. The molecule has 0 aromatic heterocycles. The van der Waals surface area contributed by atoms with Gasteiger partial charge in [-0.3, -0.25) is 9.59 Å². The monoisotopic (exact) mass is 361 g/mol. The lowest BCUT2D eigenvalue weighted by atomic mass is 9.98. The molecule has 1 fully saturated rings. The van der Waals surface area contributed by atoms with Crippen LogP contribution in [0.3, 0.4) is 0 Å². The molecule has 2 N–H and O–H groups in total. The molecular weight excluding hydrogens is 328 g/mol. The van der Waals surface area contributed by atoms with Crippen molar-refractivity contribution in [3.63, 3.8) is 0 Å². The Morgan fingerprint density at radius 1 is 1.27 bits per heavy atom. The number of carbonyl (C=O) groups is 2. The maximum Gasteiger partial charge on any atom is 0.314 e. The highest BCUT2D eigenvalue weighted by Gasteiger charge is 2.30. The first kappa shape index (κ1) is 20.4. The summed E-state index contributed by atoms with van der Waals surface area (Å²) >= 11 is 0. The van der Waals surface area contributed by atoms with Crippen LogP contribution in [0.4, 0.5) is 0 Å². The Morgan fingerprint density at radius 3 is 2.65 bits per heavy atom. The van der Waals surface area contributed by atoms with Crippen LogP contribution in [0.1, 0.15) is 50.7 Å². The molecular formula is C21H33N2O3+. The van der Waals surface area contributed by atoms with E-state index in [-0.39, 0.29) is 17.8 Å². The lowest BCUT2D eigenvalue weighted by molar-refractivity contribution is -0.899. The maximum absolute atomic E-state index is 12.2. The van der Waals surface area contributed by atoms with Crippen LogP contribution >= 0.6 is 0 Å². The van der Waals surface area contributed by atoms with Crippen molar-refractivity contribution in [1.29, 1.82) is 0 Å². The number of hydrogen-bond acceptors (Lipinski definition) is 3. The van der Waals surface area contributed by atoms with E-state index in [1.54, 1.807) is 0 Å². The summed E-state index contributed by atoms with van der Waals surface area (Å²) in [4.78, 5) is 25.3. The molecule has 0 spiro atoms. The Kier molecular flexibility index (Phi) is 8.10. The number of nitrogens with one attached hydrogen (secondary N) is 2. The highest BCUT2D eigenvalue weighted by Crippen LogP contribution is 2.14. The molecule has 1 unspecified atom stereocenters. The Morgan fingerprint density at radius 2 is 2.00 bits per heavy atom. The van der Waals surface area contributed by atoms with Crippen molar-refractivity contribution >= 4 is 11.9 Å². The molecule has 0 aliphatic carbocycles. The van der Waals surface area contributed by atoms with Gasteiger partial charge in [-0.15, -0.1) is 0 Å². The Bertz CT molecular complexity index is 583. The van der Waals surface area contributed by atoms with Crippen LogP contribution in [0.15, 0.2) is 24.3 Å². The standard InChI is InChI=1S/C21H32N2O3/c1-4-26-21(25)19-6-5-13-23(14-19)15-20(24)22-12-11-17-7-9-18(10-8-17)16(2)3/h7-10,16,19H,4-6,11-15H2,1-3H3,(H,22,24)/p+1/t19-/m1/s1. The van der Waals surface area contributed by atoms with Gasteiger partial charge >= 0.3 is 5.97 Å². The highest BCUT2D eigenvalue weighted by molar-refractivity contribution is 5.77. The fourth-order valence-electron chi connectivity index (χ4n) is 3.48. The van der Waals surface area contributed by atoms with E-state index in [4.69, 9.17) is 4.74 Å². The lowest BCUT2D eigenvalue weighted by Crippen LogP contribution is -3.14. The summed E-state index contributed by atoms with van der Waals surface area (Å²) in [5.74, 6) is 0.416. The minimum atomic E-state index is -0.116. The topological polar surface area (TPSA) is 59.8 Å². The van der Waals surface area contributed by atoms with Gasteiger partial charge in [0.05, 0.1) is 19.7 Å². The van der Waals surface area contributed by atoms with E-state index in [0.29, 0.717) is 32.2 Å². The molecule has 5 nitrogen and oxygen atoms in total. The summed E-state index contributed by atoms with van der Waals surface area (Å²) in [5.41, 5.74) is 2.57. The third kappa shape index (κ3) is 6.45. The van der Waals surface area contributed by atoms with Crippen molar-refractivity contribution in [2.75, 3.05) is 32.8 Å². The summed E-state index contributed by atoms with van der Waals surface area (Å²) in [6, 6.07) is 8.60. The fraction of sp³-hybridized carbons (Fsp3) is 0.619. The number of hydrogen-bond donors (Lipinski definition) is 2. The summed E-state index contributed by atoms with van der Waals surface area (Å²) < 4.78 is 5.12. The van der Waals surface area contributed by atoms with Crippen molar-refractivity contribution in [2.45, 2.75) is 46.0 Å². The molecule has 0 saturated carbocycles. The Hall–Kier alpha value is -1.88. The Balaban J connectivity index is 1.70. The van der Waals surface area contributed by atoms with Gasteiger partial charge in [0.15, 0.2) is 6.54 Å². The zero-order chi connectivity index (χ0) is 18.9. The van der Waals surface area contributed by atoms with Crippen LogP contribution in [-0.4, -0.2) is 44.7 Å². The first-order valence-corrected chi connectivity index (χ1v) is 9.85. The van der Waals surface area contributed by atoms with Crippen molar-refractivity contribution in [2.24, 2.45) is 5.92 Å². The lowest BCUT2D eigenvalue weighted by Gasteiger charge is -2.28. The van der Waals surface area contributed by atoms with Crippen LogP contribution in [-0.2, 0) is 20.7 Å². The van der Waals surface area contributed by atoms with Crippen molar-refractivity contribution < 1.29 is 19.2 Å². The van der Waals surface area contributed by atoms with E-state index in [2.05, 4.69) is 43.4 Å². The zero-order valence-corrected chi connectivity index (χ0v) is 16.3. The van der Waals surface area contributed by atoms with Gasteiger partial charge in [-0.25, -0.2) is 0 Å². The number of amides is 1. The number of likely N-dealkylation sites (tertiary alicyclic amines) is 1. The van der Waals surface area contributed by atoms with E-state index < -0.39 is 0 Å². The molecule has 0 bridgehead atoms. The second kappa shape index (κ2) is 10.3. The molecule has 0 radical (unpaired) electrons. The predicted molar refractivity (Wildman–Crippen MR) is 102 cm³/mol. The molecule has 1 saturated heterocycles. The predicted octanol–water partition coefficient (Wildman–Crippen LogP) is 1.33. The number of ether oxygens (including phenoxy) is 1. The average Bonchev–Trinajstić information content (AvgIpc) is 2.62. The van der Waals surface area contributed by atoms with Crippen molar-refractivity contribution in [3.05, 3.63) is 35.4 Å². The third-order valence-corrected chi connectivity index (χ3v) is 5.03. The normalized spacial score (nSPS) is 20.0. The fourth-order valence-corrected chi connectivity index (χ4v) is 3.48. The van der Waals surface area contributed by atoms with E-state index in [9.17, 15) is 9.59 Å². The van der Waals surface area contributed by atoms with E-state index in [1.165, 1.54) is 16.0 Å². The van der Waals surface area contributed by atoms with Gasteiger partial charge in [-0.1, -0.05) is 38.1 Å². The molecule has 1 aromatic carbocycles. The molecule has 26 heavy (non-hydrogen) atoms. The second-order valence-electron chi connectivity index (χ2n) is 7.47. The van der Waals surface area contributed by atoms with Gasteiger partial charge in [0, 0.05) is 6.54 Å². The number of rotatable bonds is 8. The number of esters is 1. The summed E-state index contributed by atoms with van der Waals surface area (Å²) in [5, 5.41) is 3.01. The minimum absolute atomic E-state index is 0.0586. The van der Waals surface area contributed by atoms with Crippen LogP contribution < -0.4 is 10.2 Å². The molecule has 2 atom stereocenters. The maximum atomic E-state index is 12.2. The molecule has 1 aliphatic heterocycles. The molecule has 1 heterocycles. The number of piperidine rings is 1. The van der Waals surface area contributed by atoms with Gasteiger partial charge in [0.2, 0.25) is 0 Å². The SMILES string of the molecule is CCOC(=O)[C@@H]1CCC[NH+](CC(=O)NCCc2ccc(C(C)C)cc2)C1. The van der Waals surface area contributed by atoms with Gasteiger partial charge in [-0.05, 0) is 43.2 Å². The minimum Gasteiger partial charge on any atom is -0.466 e. The summed E-state index contributed by atoms with van der Waals surface area (Å²) in [7, 11) is 0. The number of benzene rings is 1. The number of quaternary nitrogens is 1. The summed E-state index contributed by atoms with van der Waals surface area (Å²) in [6.07, 6.45) is 2.68. The summed E-state index contributed by atoms with van der Waals surface area (Å²) in [6.45, 7) is 9.34. The quantitative estimate of drug-likeness (QED) is 0.687. The molecule has 2 rings (SSSR count). The van der Waals surface area contributed by atoms with E-state index >= 15 is 0 Å².